The highest BCUT2D eigenvalue weighted by molar-refractivity contribution is 6.31. The molecule has 1 atom stereocenters. The molecule has 1 aliphatic rings. The first-order chi connectivity index (χ1) is 13.4. The molecule has 0 unspecified atom stereocenters. The van der Waals surface area contributed by atoms with Crippen molar-refractivity contribution in [1.82, 2.24) is 0 Å². The van der Waals surface area contributed by atoms with Crippen LogP contribution >= 0.6 is 11.6 Å². The van der Waals surface area contributed by atoms with Crippen molar-refractivity contribution in [2.45, 2.75) is 13.3 Å². The van der Waals surface area contributed by atoms with Crippen molar-refractivity contribution >= 4 is 46.4 Å². The number of benzene rings is 2. The number of anilines is 3. The van der Waals surface area contributed by atoms with Crippen LogP contribution in [0.3, 0.4) is 0 Å². The maximum atomic E-state index is 12.6. The average molecular weight is 402 g/mol. The van der Waals surface area contributed by atoms with Crippen molar-refractivity contribution in [1.29, 1.82) is 0 Å². The summed E-state index contributed by atoms with van der Waals surface area (Å²) in [4.78, 5) is 37.7. The van der Waals surface area contributed by atoms with Crippen molar-refractivity contribution in [2.75, 3.05) is 29.2 Å². The summed E-state index contributed by atoms with van der Waals surface area (Å²) in [6.45, 7) is 1.67. The Morgan fingerprint density at radius 2 is 1.75 bits per heavy atom. The van der Waals surface area contributed by atoms with E-state index in [-0.39, 0.29) is 30.7 Å². The lowest BCUT2D eigenvalue weighted by Crippen LogP contribution is -2.28. The maximum absolute atomic E-state index is 12.6. The van der Waals surface area contributed by atoms with E-state index in [1.807, 2.05) is 0 Å². The largest absolute Gasteiger partial charge is 0.495 e. The Bertz CT molecular complexity index is 914. The SMILES string of the molecule is COc1ccc(Cl)cc1N1C[C@H](C(=O)Nc2ccc(NC(C)=O)cc2)CC1=O. The standard InChI is InChI=1S/C20H20ClN3O4/c1-12(25)22-15-4-6-16(7-5-15)23-20(27)13-9-19(26)24(11-13)17-10-14(21)3-8-18(17)28-2/h3-8,10,13H,9,11H2,1-2H3,(H,22,25)(H,23,27)/t13-/m1/s1. The summed E-state index contributed by atoms with van der Waals surface area (Å²) in [7, 11) is 1.52. The van der Waals surface area contributed by atoms with Crippen LogP contribution in [-0.2, 0) is 14.4 Å². The zero-order chi connectivity index (χ0) is 20.3. The Kier molecular flexibility index (Phi) is 5.84. The van der Waals surface area contributed by atoms with Crippen molar-refractivity contribution in [3.05, 3.63) is 47.5 Å². The molecule has 3 amide bonds. The topological polar surface area (TPSA) is 87.7 Å². The Balaban J connectivity index is 1.69. The molecule has 0 radical (unpaired) electrons. The third-order valence-corrected chi connectivity index (χ3v) is 4.64. The molecule has 1 fully saturated rings. The Morgan fingerprint density at radius 3 is 2.36 bits per heavy atom. The molecule has 2 N–H and O–H groups in total. The zero-order valence-electron chi connectivity index (χ0n) is 15.5. The quantitative estimate of drug-likeness (QED) is 0.804. The molecule has 146 valence electrons. The van der Waals surface area contributed by atoms with Crippen molar-refractivity contribution in [3.8, 4) is 5.75 Å². The molecule has 3 rings (SSSR count). The molecule has 0 aromatic heterocycles. The summed E-state index contributed by atoms with van der Waals surface area (Å²) >= 11 is 6.05. The second-order valence-electron chi connectivity index (χ2n) is 6.47. The van der Waals surface area contributed by atoms with Crippen LogP contribution < -0.4 is 20.3 Å². The number of nitrogens with zero attached hydrogens (tertiary/aromatic N) is 1. The maximum Gasteiger partial charge on any atom is 0.229 e. The second-order valence-corrected chi connectivity index (χ2v) is 6.91. The van der Waals surface area contributed by atoms with E-state index >= 15 is 0 Å². The number of carbonyl (C=O) groups excluding carboxylic acids is 3. The number of amides is 3. The van der Waals surface area contributed by atoms with Crippen LogP contribution in [0.1, 0.15) is 13.3 Å². The highest BCUT2D eigenvalue weighted by Crippen LogP contribution is 2.35. The fraction of sp³-hybridized carbons (Fsp3) is 0.250. The Labute approximate surface area is 167 Å². The van der Waals surface area contributed by atoms with Gasteiger partial charge in [-0.25, -0.2) is 0 Å². The van der Waals surface area contributed by atoms with E-state index in [0.717, 1.165) is 0 Å². The molecule has 2 aromatic carbocycles. The van der Waals surface area contributed by atoms with E-state index in [4.69, 9.17) is 16.3 Å². The fourth-order valence-electron chi connectivity index (χ4n) is 3.07. The Hall–Kier alpha value is -3.06. The molecule has 28 heavy (non-hydrogen) atoms. The van der Waals surface area contributed by atoms with E-state index < -0.39 is 5.92 Å². The minimum absolute atomic E-state index is 0.103. The first-order valence-electron chi connectivity index (χ1n) is 8.70. The van der Waals surface area contributed by atoms with Crippen molar-refractivity contribution in [3.63, 3.8) is 0 Å². The van der Waals surface area contributed by atoms with Crippen LogP contribution in [0.15, 0.2) is 42.5 Å². The molecule has 2 aromatic rings. The summed E-state index contributed by atoms with van der Waals surface area (Å²) in [5.41, 5.74) is 1.78. The van der Waals surface area contributed by atoms with Gasteiger partial charge in [0, 0.05) is 36.3 Å². The number of rotatable bonds is 5. The molecule has 7 nitrogen and oxygen atoms in total. The molecule has 0 saturated carbocycles. The van der Waals surface area contributed by atoms with Crippen LogP contribution in [0.4, 0.5) is 17.1 Å². The van der Waals surface area contributed by atoms with Gasteiger partial charge in [-0.15, -0.1) is 0 Å². The lowest BCUT2D eigenvalue weighted by Gasteiger charge is -2.20. The smallest absolute Gasteiger partial charge is 0.229 e. The monoisotopic (exact) mass is 401 g/mol. The van der Waals surface area contributed by atoms with Crippen LogP contribution in [0.25, 0.3) is 0 Å². The number of carbonyl (C=O) groups is 3. The van der Waals surface area contributed by atoms with Crippen LogP contribution in [0.2, 0.25) is 5.02 Å². The summed E-state index contributed by atoms with van der Waals surface area (Å²) in [5.74, 6) is -0.554. The van der Waals surface area contributed by atoms with Gasteiger partial charge < -0.3 is 20.3 Å². The molecule has 0 spiro atoms. The van der Waals surface area contributed by atoms with Crippen molar-refractivity contribution in [2.24, 2.45) is 5.92 Å². The lowest BCUT2D eigenvalue weighted by molar-refractivity contribution is -0.122. The predicted octanol–water partition coefficient (Wildman–Crippen LogP) is 3.30. The molecule has 0 bridgehead atoms. The van der Waals surface area contributed by atoms with Gasteiger partial charge in [0.1, 0.15) is 5.75 Å². The van der Waals surface area contributed by atoms with Gasteiger partial charge in [-0.2, -0.15) is 0 Å². The van der Waals surface area contributed by atoms with Crippen molar-refractivity contribution < 1.29 is 19.1 Å². The normalized spacial score (nSPS) is 16.0. The minimum atomic E-state index is -0.494. The van der Waals surface area contributed by atoms with E-state index in [0.29, 0.717) is 27.8 Å². The lowest BCUT2D eigenvalue weighted by atomic mass is 10.1. The van der Waals surface area contributed by atoms with E-state index in [9.17, 15) is 14.4 Å². The number of halogens is 1. The second kappa shape index (κ2) is 8.31. The van der Waals surface area contributed by atoms with E-state index in [2.05, 4.69) is 10.6 Å². The third-order valence-electron chi connectivity index (χ3n) is 4.40. The first kappa shape index (κ1) is 19.7. The average Bonchev–Trinajstić information content (AvgIpc) is 3.04. The van der Waals surface area contributed by atoms with Crippen LogP contribution in [0.5, 0.6) is 5.75 Å². The fourth-order valence-corrected chi connectivity index (χ4v) is 3.24. The summed E-state index contributed by atoms with van der Waals surface area (Å²) < 4.78 is 5.31. The van der Waals surface area contributed by atoms with Gasteiger partial charge in [0.25, 0.3) is 0 Å². The first-order valence-corrected chi connectivity index (χ1v) is 9.07. The molecule has 1 aliphatic heterocycles. The zero-order valence-corrected chi connectivity index (χ0v) is 16.2. The molecular weight excluding hydrogens is 382 g/mol. The van der Waals surface area contributed by atoms with Gasteiger partial charge in [0.15, 0.2) is 0 Å². The summed E-state index contributed by atoms with van der Waals surface area (Å²) in [5, 5.41) is 5.95. The van der Waals surface area contributed by atoms with Gasteiger partial charge in [0.2, 0.25) is 17.7 Å². The Morgan fingerprint density at radius 1 is 1.11 bits per heavy atom. The van der Waals surface area contributed by atoms with Gasteiger partial charge in [-0.3, -0.25) is 14.4 Å². The molecule has 1 heterocycles. The third kappa shape index (κ3) is 4.43. The minimum Gasteiger partial charge on any atom is -0.495 e. The van der Waals surface area contributed by atoms with Gasteiger partial charge in [-0.1, -0.05) is 11.6 Å². The summed E-state index contributed by atoms with van der Waals surface area (Å²) in [6, 6.07) is 11.8. The van der Waals surface area contributed by atoms with Gasteiger partial charge in [0.05, 0.1) is 18.7 Å². The van der Waals surface area contributed by atoms with Crippen LogP contribution in [0, 0.1) is 5.92 Å². The number of methoxy groups -OCH3 is 1. The number of hydrogen-bond donors (Lipinski definition) is 2. The number of ether oxygens (including phenoxy) is 1. The number of nitrogens with one attached hydrogen (secondary N) is 2. The summed E-state index contributed by atoms with van der Waals surface area (Å²) in [6.07, 6.45) is 0.103. The highest BCUT2D eigenvalue weighted by atomic mass is 35.5. The predicted molar refractivity (Wildman–Crippen MR) is 108 cm³/mol. The van der Waals surface area contributed by atoms with Crippen LogP contribution in [-0.4, -0.2) is 31.4 Å². The number of hydrogen-bond acceptors (Lipinski definition) is 4. The highest BCUT2D eigenvalue weighted by Gasteiger charge is 2.36. The van der Waals surface area contributed by atoms with Gasteiger partial charge >= 0.3 is 0 Å². The molecule has 0 aliphatic carbocycles. The van der Waals surface area contributed by atoms with Gasteiger partial charge in [-0.05, 0) is 42.5 Å². The van der Waals surface area contributed by atoms with E-state index in [1.165, 1.54) is 18.9 Å². The molecular formula is C20H20ClN3O4. The van der Waals surface area contributed by atoms with E-state index in [1.54, 1.807) is 42.5 Å². The molecule has 1 saturated heterocycles. The molecule has 8 heteroatoms.